The Kier molecular flexibility index (Phi) is 3.78. The van der Waals surface area contributed by atoms with Crippen LogP contribution < -0.4 is 4.31 Å². The zero-order chi connectivity index (χ0) is 14.9. The number of carboxylic acid groups (broad SMARTS) is 1. The lowest BCUT2D eigenvalue weighted by molar-refractivity contribution is 0.0697. The van der Waals surface area contributed by atoms with E-state index in [-0.39, 0.29) is 15.5 Å². The molecular formula is C12H10FNO4S2. The Bertz CT molecular complexity index is 754. The van der Waals surface area contributed by atoms with Crippen LogP contribution >= 0.6 is 11.3 Å². The molecule has 20 heavy (non-hydrogen) atoms. The van der Waals surface area contributed by atoms with Crippen LogP contribution in [0.3, 0.4) is 0 Å². The molecule has 0 aliphatic heterocycles. The van der Waals surface area contributed by atoms with E-state index in [1.165, 1.54) is 30.6 Å². The van der Waals surface area contributed by atoms with E-state index >= 15 is 0 Å². The van der Waals surface area contributed by atoms with E-state index in [1.54, 1.807) is 0 Å². The van der Waals surface area contributed by atoms with Gasteiger partial charge >= 0.3 is 5.97 Å². The van der Waals surface area contributed by atoms with Crippen LogP contribution in [0.2, 0.25) is 0 Å². The van der Waals surface area contributed by atoms with Crippen molar-refractivity contribution in [3.8, 4) is 0 Å². The summed E-state index contributed by atoms with van der Waals surface area (Å²) < 4.78 is 38.5. The standard InChI is InChI=1S/C12H10FNO4S2/c1-14(10-4-2-3-9(13)6-10)20(17,18)11-5-8(7-19-11)12(15)16/h2-7H,1H3,(H,15,16). The maximum atomic E-state index is 13.1. The Morgan fingerprint density at radius 3 is 2.60 bits per heavy atom. The maximum absolute atomic E-state index is 13.1. The third kappa shape index (κ3) is 2.66. The van der Waals surface area contributed by atoms with Crippen molar-refractivity contribution in [2.24, 2.45) is 0 Å². The number of carbonyl (C=O) groups is 1. The second-order valence-electron chi connectivity index (χ2n) is 3.91. The Morgan fingerprint density at radius 2 is 2.05 bits per heavy atom. The highest BCUT2D eigenvalue weighted by molar-refractivity contribution is 7.94. The van der Waals surface area contributed by atoms with E-state index in [2.05, 4.69) is 0 Å². The van der Waals surface area contributed by atoms with Gasteiger partial charge in [-0.25, -0.2) is 17.6 Å². The lowest BCUT2D eigenvalue weighted by Gasteiger charge is -2.18. The molecule has 1 N–H and O–H groups in total. The fraction of sp³-hybridized carbons (Fsp3) is 0.0833. The first-order valence-corrected chi connectivity index (χ1v) is 7.70. The molecule has 2 rings (SSSR count). The SMILES string of the molecule is CN(c1cccc(F)c1)S(=O)(=O)c1cc(C(=O)O)cs1. The largest absolute Gasteiger partial charge is 0.478 e. The predicted octanol–water partition coefficient (Wildman–Crippen LogP) is 2.41. The quantitative estimate of drug-likeness (QED) is 0.940. The minimum absolute atomic E-state index is 0.0961. The molecule has 0 saturated carbocycles. The van der Waals surface area contributed by atoms with Gasteiger partial charge in [0.1, 0.15) is 10.0 Å². The summed E-state index contributed by atoms with van der Waals surface area (Å²) in [5, 5.41) is 10.0. The zero-order valence-corrected chi connectivity index (χ0v) is 11.9. The van der Waals surface area contributed by atoms with Gasteiger partial charge in [0.25, 0.3) is 10.0 Å². The van der Waals surface area contributed by atoms with Crippen molar-refractivity contribution in [3.05, 3.63) is 47.1 Å². The molecule has 5 nitrogen and oxygen atoms in total. The normalized spacial score (nSPS) is 11.3. The fourth-order valence-electron chi connectivity index (χ4n) is 1.51. The van der Waals surface area contributed by atoms with E-state index in [4.69, 9.17) is 5.11 Å². The summed E-state index contributed by atoms with van der Waals surface area (Å²) in [6.45, 7) is 0. The number of carboxylic acids is 1. The second-order valence-corrected chi connectivity index (χ2v) is 7.02. The minimum Gasteiger partial charge on any atom is -0.478 e. The van der Waals surface area contributed by atoms with Crippen LogP contribution in [0.5, 0.6) is 0 Å². The van der Waals surface area contributed by atoms with Crippen LogP contribution in [0.25, 0.3) is 0 Å². The first kappa shape index (κ1) is 14.5. The third-order valence-electron chi connectivity index (χ3n) is 2.61. The van der Waals surface area contributed by atoms with Gasteiger partial charge in [-0.15, -0.1) is 11.3 Å². The Morgan fingerprint density at radius 1 is 1.35 bits per heavy atom. The van der Waals surface area contributed by atoms with E-state index in [9.17, 15) is 17.6 Å². The van der Waals surface area contributed by atoms with E-state index < -0.39 is 21.8 Å². The number of benzene rings is 1. The number of aromatic carboxylic acids is 1. The molecule has 0 atom stereocenters. The summed E-state index contributed by atoms with van der Waals surface area (Å²) in [5.74, 6) is -1.75. The molecule has 8 heteroatoms. The molecular weight excluding hydrogens is 305 g/mol. The molecule has 1 heterocycles. The average Bonchev–Trinajstić information content (AvgIpc) is 2.88. The molecule has 0 amide bonds. The molecule has 0 bridgehead atoms. The summed E-state index contributed by atoms with van der Waals surface area (Å²) >= 11 is 0.808. The number of anilines is 1. The van der Waals surface area contributed by atoms with Gasteiger partial charge in [-0.3, -0.25) is 4.31 Å². The summed E-state index contributed by atoms with van der Waals surface area (Å²) in [5.41, 5.74) is 0.0662. The molecule has 106 valence electrons. The van der Waals surface area contributed by atoms with Gasteiger partial charge in [-0.1, -0.05) is 6.07 Å². The van der Waals surface area contributed by atoms with Gasteiger partial charge in [0.05, 0.1) is 11.3 Å². The smallest absolute Gasteiger partial charge is 0.336 e. The van der Waals surface area contributed by atoms with Gasteiger partial charge < -0.3 is 5.11 Å². The number of hydrogen-bond acceptors (Lipinski definition) is 4. The Labute approximate surface area is 119 Å². The molecule has 0 unspecified atom stereocenters. The Hall–Kier alpha value is -1.93. The number of halogens is 1. The summed E-state index contributed by atoms with van der Waals surface area (Å²) in [4.78, 5) is 10.8. The molecule has 1 aromatic carbocycles. The first-order valence-electron chi connectivity index (χ1n) is 5.38. The fourth-order valence-corrected chi connectivity index (χ4v) is 4.02. The highest BCUT2D eigenvalue weighted by Crippen LogP contribution is 2.27. The summed E-state index contributed by atoms with van der Waals surface area (Å²) in [7, 11) is -2.62. The van der Waals surface area contributed by atoms with E-state index in [1.807, 2.05) is 0 Å². The number of rotatable bonds is 4. The molecule has 2 aromatic rings. The van der Waals surface area contributed by atoms with Crippen molar-refractivity contribution in [3.63, 3.8) is 0 Å². The average molecular weight is 315 g/mol. The summed E-state index contributed by atoms with van der Waals surface area (Å²) in [6.07, 6.45) is 0. The number of thiophene rings is 1. The zero-order valence-electron chi connectivity index (χ0n) is 10.3. The number of hydrogen-bond donors (Lipinski definition) is 1. The minimum atomic E-state index is -3.90. The highest BCUT2D eigenvalue weighted by atomic mass is 32.2. The van der Waals surface area contributed by atoms with Crippen molar-refractivity contribution >= 4 is 33.0 Å². The molecule has 1 aromatic heterocycles. The summed E-state index contributed by atoms with van der Waals surface area (Å²) in [6, 6.07) is 6.22. The van der Waals surface area contributed by atoms with Crippen LogP contribution in [0.4, 0.5) is 10.1 Å². The lowest BCUT2D eigenvalue weighted by atomic mass is 10.3. The van der Waals surface area contributed by atoms with Crippen LogP contribution in [-0.2, 0) is 10.0 Å². The molecule has 0 aliphatic rings. The molecule has 0 radical (unpaired) electrons. The number of nitrogens with zero attached hydrogens (tertiary/aromatic N) is 1. The van der Waals surface area contributed by atoms with E-state index in [0.29, 0.717) is 0 Å². The van der Waals surface area contributed by atoms with Gasteiger partial charge in [0, 0.05) is 12.4 Å². The van der Waals surface area contributed by atoms with Crippen molar-refractivity contribution in [1.82, 2.24) is 0 Å². The second kappa shape index (κ2) is 5.22. The van der Waals surface area contributed by atoms with Gasteiger partial charge in [0.15, 0.2) is 0 Å². The topological polar surface area (TPSA) is 74.7 Å². The van der Waals surface area contributed by atoms with Gasteiger partial charge in [0.2, 0.25) is 0 Å². The third-order valence-corrected chi connectivity index (χ3v) is 5.81. The van der Waals surface area contributed by atoms with Crippen molar-refractivity contribution < 1.29 is 22.7 Å². The van der Waals surface area contributed by atoms with Crippen LogP contribution in [0, 0.1) is 5.82 Å². The van der Waals surface area contributed by atoms with Crippen LogP contribution in [-0.4, -0.2) is 26.5 Å². The Balaban J connectivity index is 2.41. The van der Waals surface area contributed by atoms with E-state index in [0.717, 1.165) is 27.8 Å². The molecule has 0 saturated heterocycles. The van der Waals surface area contributed by atoms with Crippen molar-refractivity contribution in [1.29, 1.82) is 0 Å². The molecule has 0 fully saturated rings. The molecule has 0 aliphatic carbocycles. The van der Waals surface area contributed by atoms with Crippen LogP contribution in [0.1, 0.15) is 10.4 Å². The lowest BCUT2D eigenvalue weighted by Crippen LogP contribution is -2.25. The van der Waals surface area contributed by atoms with Gasteiger partial charge in [-0.05, 0) is 24.3 Å². The predicted molar refractivity (Wildman–Crippen MR) is 73.3 cm³/mol. The van der Waals surface area contributed by atoms with Crippen molar-refractivity contribution in [2.75, 3.05) is 11.4 Å². The highest BCUT2D eigenvalue weighted by Gasteiger charge is 2.24. The monoisotopic (exact) mass is 315 g/mol. The first-order chi connectivity index (χ1) is 9.32. The van der Waals surface area contributed by atoms with Gasteiger partial charge in [-0.2, -0.15) is 0 Å². The molecule has 0 spiro atoms. The maximum Gasteiger partial charge on any atom is 0.336 e. The van der Waals surface area contributed by atoms with Crippen molar-refractivity contribution in [2.45, 2.75) is 4.21 Å². The number of sulfonamides is 1. The van der Waals surface area contributed by atoms with Crippen LogP contribution in [0.15, 0.2) is 39.9 Å².